The summed E-state index contributed by atoms with van der Waals surface area (Å²) < 4.78 is 5.58. The number of allylic oxidation sites excluding steroid dienone is 2. The van der Waals surface area contributed by atoms with E-state index in [1.165, 1.54) is 0 Å². The molecule has 204 valence electrons. The van der Waals surface area contributed by atoms with Crippen molar-refractivity contribution in [2.24, 2.45) is 11.8 Å². The van der Waals surface area contributed by atoms with Gasteiger partial charge in [0.2, 0.25) is 5.91 Å². The first-order valence-corrected chi connectivity index (χ1v) is 13.2. The highest BCUT2D eigenvalue weighted by molar-refractivity contribution is 5.76. The van der Waals surface area contributed by atoms with Crippen molar-refractivity contribution >= 4 is 17.8 Å². The fraction of sp³-hybridized carbons (Fsp3) is 0.552. The van der Waals surface area contributed by atoms with Gasteiger partial charge in [-0.15, -0.1) is 0 Å². The first-order chi connectivity index (χ1) is 17.8. The van der Waals surface area contributed by atoms with Gasteiger partial charge in [-0.1, -0.05) is 54.6 Å². The number of carbonyl (C=O) groups excluding carboxylic acids is 2. The SMILES string of the molecule is CCNC(=O)CCCC=CCC1C(OC(=O)CCC(=O)O)CC(O)C1C=CC(O)CCc1ccccc1. The number of hydrogen-bond donors (Lipinski definition) is 4. The molecule has 0 radical (unpaired) electrons. The average molecular weight is 516 g/mol. The maximum atomic E-state index is 12.2. The number of esters is 1. The summed E-state index contributed by atoms with van der Waals surface area (Å²) in [6.07, 6.45) is 8.98. The second kappa shape index (κ2) is 16.7. The number of amides is 1. The minimum Gasteiger partial charge on any atom is -0.481 e. The summed E-state index contributed by atoms with van der Waals surface area (Å²) in [6.45, 7) is 2.49. The molecule has 1 aliphatic carbocycles. The minimum atomic E-state index is -1.07. The van der Waals surface area contributed by atoms with Crippen LogP contribution in [0.25, 0.3) is 0 Å². The molecule has 0 bridgehead atoms. The first kappa shape index (κ1) is 30.3. The summed E-state index contributed by atoms with van der Waals surface area (Å²) in [5.74, 6) is -2.16. The van der Waals surface area contributed by atoms with Crippen LogP contribution in [0.5, 0.6) is 0 Å². The molecular weight excluding hydrogens is 474 g/mol. The van der Waals surface area contributed by atoms with E-state index in [0.29, 0.717) is 25.8 Å². The van der Waals surface area contributed by atoms with E-state index in [2.05, 4.69) is 5.32 Å². The van der Waals surface area contributed by atoms with Gasteiger partial charge >= 0.3 is 11.9 Å². The zero-order valence-corrected chi connectivity index (χ0v) is 21.6. The molecular formula is C29H41NO7. The van der Waals surface area contributed by atoms with Gasteiger partial charge in [-0.05, 0) is 44.6 Å². The third-order valence-corrected chi connectivity index (χ3v) is 6.57. The molecule has 0 aliphatic heterocycles. The minimum absolute atomic E-state index is 0.0270. The smallest absolute Gasteiger partial charge is 0.306 e. The molecule has 5 unspecified atom stereocenters. The quantitative estimate of drug-likeness (QED) is 0.150. The Bertz CT molecular complexity index is 899. The van der Waals surface area contributed by atoms with E-state index in [1.807, 2.05) is 55.5 Å². The zero-order valence-electron chi connectivity index (χ0n) is 21.6. The van der Waals surface area contributed by atoms with Crippen LogP contribution in [0.1, 0.15) is 63.9 Å². The number of ether oxygens (including phenoxy) is 1. The molecule has 1 amide bonds. The normalized spacial score (nSPS) is 22.4. The number of unbranched alkanes of at least 4 members (excludes halogenated alkanes) is 1. The Morgan fingerprint density at radius 2 is 1.89 bits per heavy atom. The van der Waals surface area contributed by atoms with E-state index in [9.17, 15) is 24.6 Å². The van der Waals surface area contributed by atoms with Crippen LogP contribution in [0.4, 0.5) is 0 Å². The summed E-state index contributed by atoms with van der Waals surface area (Å²) in [5.41, 5.74) is 1.14. The van der Waals surface area contributed by atoms with Gasteiger partial charge in [0.05, 0.1) is 25.0 Å². The topological polar surface area (TPSA) is 133 Å². The van der Waals surface area contributed by atoms with Crippen LogP contribution in [-0.2, 0) is 25.5 Å². The molecule has 0 aromatic heterocycles. The number of benzene rings is 1. The Balaban J connectivity index is 1.98. The lowest BCUT2D eigenvalue weighted by molar-refractivity contribution is -0.153. The van der Waals surface area contributed by atoms with Gasteiger partial charge in [0.25, 0.3) is 0 Å². The maximum absolute atomic E-state index is 12.2. The van der Waals surface area contributed by atoms with E-state index >= 15 is 0 Å². The van der Waals surface area contributed by atoms with Gasteiger partial charge in [-0.3, -0.25) is 14.4 Å². The molecule has 5 atom stereocenters. The highest BCUT2D eigenvalue weighted by Crippen LogP contribution is 2.38. The maximum Gasteiger partial charge on any atom is 0.306 e. The van der Waals surface area contributed by atoms with Gasteiger partial charge < -0.3 is 25.4 Å². The summed E-state index contributed by atoms with van der Waals surface area (Å²) in [7, 11) is 0. The summed E-state index contributed by atoms with van der Waals surface area (Å²) in [5, 5.41) is 32.8. The molecule has 37 heavy (non-hydrogen) atoms. The molecule has 2 rings (SSSR count). The number of carbonyl (C=O) groups is 3. The van der Waals surface area contributed by atoms with Gasteiger partial charge in [-0.2, -0.15) is 0 Å². The molecule has 1 aliphatic rings. The van der Waals surface area contributed by atoms with E-state index in [0.717, 1.165) is 24.8 Å². The number of hydrogen-bond acceptors (Lipinski definition) is 6. The van der Waals surface area contributed by atoms with Crippen LogP contribution in [-0.4, -0.2) is 58.0 Å². The van der Waals surface area contributed by atoms with Crippen molar-refractivity contribution in [3.63, 3.8) is 0 Å². The van der Waals surface area contributed by atoms with Crippen molar-refractivity contribution < 1.29 is 34.4 Å². The Morgan fingerprint density at radius 3 is 2.59 bits per heavy atom. The third kappa shape index (κ3) is 11.7. The Morgan fingerprint density at radius 1 is 1.14 bits per heavy atom. The van der Waals surface area contributed by atoms with Crippen LogP contribution in [0, 0.1) is 11.8 Å². The molecule has 0 spiro atoms. The van der Waals surface area contributed by atoms with E-state index in [1.54, 1.807) is 6.08 Å². The van der Waals surface area contributed by atoms with Gasteiger partial charge in [-0.25, -0.2) is 0 Å². The molecule has 1 aromatic rings. The van der Waals surface area contributed by atoms with Gasteiger partial charge in [0, 0.05) is 31.2 Å². The number of carboxylic acids is 1. The van der Waals surface area contributed by atoms with E-state index in [-0.39, 0.29) is 37.0 Å². The monoisotopic (exact) mass is 515 g/mol. The molecule has 8 heteroatoms. The van der Waals surface area contributed by atoms with Gasteiger partial charge in [0.15, 0.2) is 0 Å². The Labute approximate surface area is 219 Å². The van der Waals surface area contributed by atoms with Gasteiger partial charge in [0.1, 0.15) is 6.10 Å². The number of aliphatic hydroxyl groups is 2. The Kier molecular flexibility index (Phi) is 13.7. The van der Waals surface area contributed by atoms with Crippen LogP contribution in [0.3, 0.4) is 0 Å². The molecule has 8 nitrogen and oxygen atoms in total. The predicted octanol–water partition coefficient (Wildman–Crippen LogP) is 3.56. The largest absolute Gasteiger partial charge is 0.481 e. The number of nitrogens with one attached hydrogen (secondary N) is 1. The highest BCUT2D eigenvalue weighted by atomic mass is 16.5. The van der Waals surface area contributed by atoms with Crippen LogP contribution in [0.2, 0.25) is 0 Å². The molecule has 0 heterocycles. The lowest BCUT2D eigenvalue weighted by atomic mass is 9.89. The average Bonchev–Trinajstić information content (AvgIpc) is 3.16. The third-order valence-electron chi connectivity index (χ3n) is 6.57. The highest BCUT2D eigenvalue weighted by Gasteiger charge is 2.42. The van der Waals surface area contributed by atoms with E-state index in [4.69, 9.17) is 9.84 Å². The second-order valence-electron chi connectivity index (χ2n) is 9.50. The van der Waals surface area contributed by atoms with Crippen molar-refractivity contribution in [3.05, 3.63) is 60.2 Å². The summed E-state index contributed by atoms with van der Waals surface area (Å²) in [4.78, 5) is 34.6. The predicted molar refractivity (Wildman–Crippen MR) is 141 cm³/mol. The number of carboxylic acid groups (broad SMARTS) is 1. The number of aliphatic carboxylic acids is 1. The van der Waals surface area contributed by atoms with Crippen molar-refractivity contribution in [2.45, 2.75) is 83.0 Å². The molecule has 4 N–H and O–H groups in total. The first-order valence-electron chi connectivity index (χ1n) is 13.2. The fourth-order valence-corrected chi connectivity index (χ4v) is 4.60. The number of aryl methyl sites for hydroxylation is 1. The molecule has 1 aromatic carbocycles. The Hall–Kier alpha value is -2.97. The van der Waals surface area contributed by atoms with Crippen LogP contribution in [0.15, 0.2) is 54.6 Å². The lowest BCUT2D eigenvalue weighted by Gasteiger charge is -2.22. The standard InChI is InChI=1S/C29H41NO7/c1-2-30-27(33)13-9-4-3-8-12-24-23(17-16-22(31)15-14-21-10-6-5-7-11-21)25(32)20-26(24)37-29(36)19-18-28(34)35/h3,5-8,10-11,16-17,22-26,31-32H,2,4,9,12-15,18-20H2,1H3,(H,30,33)(H,34,35). The van der Waals surface area contributed by atoms with E-state index < -0.39 is 30.3 Å². The lowest BCUT2D eigenvalue weighted by Crippen LogP contribution is -2.25. The summed E-state index contributed by atoms with van der Waals surface area (Å²) >= 11 is 0. The summed E-state index contributed by atoms with van der Waals surface area (Å²) in [6, 6.07) is 9.90. The van der Waals surface area contributed by atoms with Crippen molar-refractivity contribution in [3.8, 4) is 0 Å². The van der Waals surface area contributed by atoms with Crippen LogP contribution >= 0.6 is 0 Å². The molecule has 0 saturated heterocycles. The fourth-order valence-electron chi connectivity index (χ4n) is 4.60. The molecule has 1 saturated carbocycles. The number of aliphatic hydroxyl groups excluding tert-OH is 2. The second-order valence-corrected chi connectivity index (χ2v) is 9.50. The zero-order chi connectivity index (χ0) is 27.0. The van der Waals surface area contributed by atoms with Crippen molar-refractivity contribution in [2.75, 3.05) is 6.54 Å². The van der Waals surface area contributed by atoms with Crippen LogP contribution < -0.4 is 5.32 Å². The molecule has 1 fully saturated rings. The van der Waals surface area contributed by atoms with Crippen molar-refractivity contribution in [1.82, 2.24) is 5.32 Å². The number of rotatable bonds is 16. The van der Waals surface area contributed by atoms with Crippen molar-refractivity contribution in [1.29, 1.82) is 0 Å².